The first kappa shape index (κ1) is 21.6. The molecule has 0 aliphatic rings. The molecule has 30 heavy (non-hydrogen) atoms. The van der Waals surface area contributed by atoms with Crippen molar-refractivity contribution in [3.63, 3.8) is 0 Å². The van der Waals surface area contributed by atoms with Crippen LogP contribution in [0.15, 0.2) is 51.9 Å². The van der Waals surface area contributed by atoms with Crippen LogP contribution in [0.4, 0.5) is 5.69 Å². The van der Waals surface area contributed by atoms with Crippen molar-refractivity contribution in [2.24, 2.45) is 0 Å². The maximum Gasteiger partial charge on any atom is 0.273 e. The van der Waals surface area contributed by atoms with E-state index in [0.717, 1.165) is 17.2 Å². The summed E-state index contributed by atoms with van der Waals surface area (Å²) in [7, 11) is -3.99. The van der Waals surface area contributed by atoms with Crippen LogP contribution in [-0.2, 0) is 22.0 Å². The predicted octanol–water partition coefficient (Wildman–Crippen LogP) is 3.73. The summed E-state index contributed by atoms with van der Waals surface area (Å²) in [5.74, 6) is 0.422. The summed E-state index contributed by atoms with van der Waals surface area (Å²) in [5.41, 5.74) is 2.03. The van der Waals surface area contributed by atoms with E-state index in [2.05, 4.69) is 35.6 Å². The Bertz CT molecular complexity index is 1180. The van der Waals surface area contributed by atoms with Gasteiger partial charge in [0.25, 0.3) is 5.69 Å². The van der Waals surface area contributed by atoms with Gasteiger partial charge in [-0.25, -0.2) is 13.1 Å². The number of hydrogen-bond donors (Lipinski definition) is 1. The lowest BCUT2D eigenvalue weighted by atomic mass is 9.87. The maximum absolute atomic E-state index is 12.5. The highest BCUT2D eigenvalue weighted by Crippen LogP contribution is 2.25. The first-order valence-electron chi connectivity index (χ1n) is 9.15. The Kier molecular flexibility index (Phi) is 5.73. The van der Waals surface area contributed by atoms with Crippen molar-refractivity contribution in [2.45, 2.75) is 44.6 Å². The average molecular weight is 430 g/mol. The SMILES string of the molecule is Cc1ccc(S(=O)(=O)NCc2nc(-c3ccc(C(C)(C)C)cc3)no2)cc1[N+](=O)[O-]. The number of rotatable bonds is 6. The number of nitrogens with one attached hydrogen (secondary N) is 1. The summed E-state index contributed by atoms with van der Waals surface area (Å²) in [6.07, 6.45) is 0. The third-order valence-electron chi connectivity index (χ3n) is 4.58. The topological polar surface area (TPSA) is 128 Å². The number of sulfonamides is 1. The highest BCUT2D eigenvalue weighted by atomic mass is 32.2. The Balaban J connectivity index is 1.73. The highest BCUT2D eigenvalue weighted by Gasteiger charge is 2.21. The molecule has 10 heteroatoms. The molecular weight excluding hydrogens is 408 g/mol. The third-order valence-corrected chi connectivity index (χ3v) is 5.98. The fraction of sp³-hybridized carbons (Fsp3) is 0.300. The van der Waals surface area contributed by atoms with Gasteiger partial charge in [0.15, 0.2) is 0 Å². The molecule has 0 saturated carbocycles. The standard InChI is InChI=1S/C20H22N4O5S/c1-13-5-10-16(11-17(13)24(25)26)30(27,28)21-12-18-22-19(23-29-18)14-6-8-15(9-7-14)20(2,3)4/h5-11,21H,12H2,1-4H3. The molecule has 2 aromatic carbocycles. The molecule has 0 bridgehead atoms. The van der Waals surface area contributed by atoms with Gasteiger partial charge in [0.05, 0.1) is 16.4 Å². The maximum atomic E-state index is 12.5. The summed E-state index contributed by atoms with van der Waals surface area (Å²) in [5, 5.41) is 14.9. The van der Waals surface area contributed by atoms with Gasteiger partial charge in [0.2, 0.25) is 21.7 Å². The van der Waals surface area contributed by atoms with Crippen LogP contribution in [0.25, 0.3) is 11.4 Å². The number of aryl methyl sites for hydroxylation is 1. The van der Waals surface area contributed by atoms with Crippen LogP contribution in [0.3, 0.4) is 0 Å². The Morgan fingerprint density at radius 2 is 1.80 bits per heavy atom. The van der Waals surface area contributed by atoms with Gasteiger partial charge in [-0.05, 0) is 24.0 Å². The van der Waals surface area contributed by atoms with E-state index >= 15 is 0 Å². The molecule has 1 N–H and O–H groups in total. The van der Waals surface area contributed by atoms with E-state index in [9.17, 15) is 18.5 Å². The Hall–Kier alpha value is -3.11. The molecular formula is C20H22N4O5S. The van der Waals surface area contributed by atoms with Gasteiger partial charge >= 0.3 is 0 Å². The number of nitro benzene ring substituents is 1. The third kappa shape index (κ3) is 4.71. The zero-order valence-corrected chi connectivity index (χ0v) is 17.9. The van der Waals surface area contributed by atoms with Crippen LogP contribution < -0.4 is 4.72 Å². The Morgan fingerprint density at radius 3 is 2.40 bits per heavy atom. The zero-order chi connectivity index (χ0) is 22.1. The second-order valence-corrected chi connectivity index (χ2v) is 9.64. The lowest BCUT2D eigenvalue weighted by Crippen LogP contribution is -2.23. The van der Waals surface area contributed by atoms with Gasteiger partial charge in [0.1, 0.15) is 0 Å². The van der Waals surface area contributed by atoms with Crippen LogP contribution in [-0.4, -0.2) is 23.5 Å². The van der Waals surface area contributed by atoms with Crippen LogP contribution in [0.2, 0.25) is 0 Å². The lowest BCUT2D eigenvalue weighted by molar-refractivity contribution is -0.385. The van der Waals surface area contributed by atoms with Gasteiger partial charge in [-0.2, -0.15) is 4.98 Å². The van der Waals surface area contributed by atoms with E-state index in [-0.39, 0.29) is 28.4 Å². The molecule has 158 valence electrons. The van der Waals surface area contributed by atoms with Crippen molar-refractivity contribution < 1.29 is 17.9 Å². The Morgan fingerprint density at radius 1 is 1.13 bits per heavy atom. The molecule has 9 nitrogen and oxygen atoms in total. The first-order chi connectivity index (χ1) is 14.0. The molecule has 0 radical (unpaired) electrons. The van der Waals surface area contributed by atoms with Crippen LogP contribution in [0, 0.1) is 17.0 Å². The number of nitrogens with zero attached hydrogens (tertiary/aromatic N) is 3. The number of nitro groups is 1. The van der Waals surface area contributed by atoms with Crippen LogP contribution in [0.5, 0.6) is 0 Å². The summed E-state index contributed by atoms with van der Waals surface area (Å²) in [6, 6.07) is 11.4. The summed E-state index contributed by atoms with van der Waals surface area (Å²) in [6.45, 7) is 7.64. The van der Waals surface area contributed by atoms with E-state index in [0.29, 0.717) is 11.4 Å². The van der Waals surface area contributed by atoms with Crippen molar-refractivity contribution in [1.29, 1.82) is 0 Å². The minimum Gasteiger partial charge on any atom is -0.338 e. The Labute approximate surface area is 174 Å². The number of aromatic nitrogens is 2. The van der Waals surface area contributed by atoms with Gasteiger partial charge in [-0.1, -0.05) is 56.3 Å². The largest absolute Gasteiger partial charge is 0.338 e. The average Bonchev–Trinajstić information content (AvgIpc) is 3.15. The molecule has 1 heterocycles. The minimum atomic E-state index is -3.99. The lowest BCUT2D eigenvalue weighted by Gasteiger charge is -2.18. The summed E-state index contributed by atoms with van der Waals surface area (Å²) in [4.78, 5) is 14.4. The quantitative estimate of drug-likeness (QED) is 0.466. The molecule has 0 saturated heterocycles. The van der Waals surface area contributed by atoms with Gasteiger partial charge < -0.3 is 4.52 Å². The molecule has 0 spiro atoms. The molecule has 1 aromatic heterocycles. The normalized spacial score (nSPS) is 12.1. The second kappa shape index (κ2) is 7.96. The minimum absolute atomic E-state index is 0.0181. The summed E-state index contributed by atoms with van der Waals surface area (Å²) >= 11 is 0. The van der Waals surface area contributed by atoms with Gasteiger partial charge in [-0.15, -0.1) is 0 Å². The van der Waals surface area contributed by atoms with Crippen LogP contribution in [0.1, 0.15) is 37.8 Å². The fourth-order valence-corrected chi connectivity index (χ4v) is 3.75. The van der Waals surface area contributed by atoms with E-state index < -0.39 is 14.9 Å². The van der Waals surface area contributed by atoms with E-state index in [1.165, 1.54) is 19.1 Å². The van der Waals surface area contributed by atoms with Crippen molar-refractivity contribution in [1.82, 2.24) is 14.9 Å². The molecule has 0 aliphatic heterocycles. The van der Waals surface area contributed by atoms with Gasteiger partial charge in [-0.3, -0.25) is 10.1 Å². The number of benzene rings is 2. The zero-order valence-electron chi connectivity index (χ0n) is 17.0. The van der Waals surface area contributed by atoms with Gasteiger partial charge in [0, 0.05) is 17.2 Å². The highest BCUT2D eigenvalue weighted by molar-refractivity contribution is 7.89. The molecule has 0 amide bonds. The van der Waals surface area contributed by atoms with Crippen molar-refractivity contribution in [3.8, 4) is 11.4 Å². The molecule has 3 aromatic rings. The fourth-order valence-electron chi connectivity index (χ4n) is 2.76. The number of hydrogen-bond acceptors (Lipinski definition) is 7. The van der Waals surface area contributed by atoms with Crippen molar-refractivity contribution in [3.05, 3.63) is 69.6 Å². The smallest absolute Gasteiger partial charge is 0.273 e. The molecule has 0 atom stereocenters. The van der Waals surface area contributed by atoms with E-state index in [1.807, 2.05) is 24.3 Å². The van der Waals surface area contributed by atoms with Crippen LogP contribution >= 0.6 is 0 Å². The molecule has 3 rings (SSSR count). The molecule has 0 aliphatic carbocycles. The van der Waals surface area contributed by atoms with E-state index in [1.54, 1.807) is 0 Å². The summed E-state index contributed by atoms with van der Waals surface area (Å²) < 4.78 is 32.4. The van der Waals surface area contributed by atoms with E-state index in [4.69, 9.17) is 4.52 Å². The van der Waals surface area contributed by atoms with Crippen molar-refractivity contribution in [2.75, 3.05) is 0 Å². The molecule has 0 fully saturated rings. The first-order valence-corrected chi connectivity index (χ1v) is 10.6. The van der Waals surface area contributed by atoms with Crippen molar-refractivity contribution >= 4 is 15.7 Å². The molecule has 0 unspecified atom stereocenters. The predicted molar refractivity (Wildman–Crippen MR) is 110 cm³/mol. The second-order valence-electron chi connectivity index (χ2n) is 7.87. The monoisotopic (exact) mass is 430 g/mol.